The lowest BCUT2D eigenvalue weighted by Gasteiger charge is -2.36. The molecule has 2 fully saturated rings. The van der Waals surface area contributed by atoms with Gasteiger partial charge in [0.2, 0.25) is 0 Å². The van der Waals surface area contributed by atoms with E-state index in [1.165, 1.54) is 6.42 Å². The van der Waals surface area contributed by atoms with Gasteiger partial charge in [0.15, 0.2) is 0 Å². The second kappa shape index (κ2) is 12.1. The van der Waals surface area contributed by atoms with Crippen molar-refractivity contribution in [3.05, 3.63) is 78.0 Å². The molecule has 4 N–H and O–H groups in total. The van der Waals surface area contributed by atoms with Crippen LogP contribution in [0, 0.1) is 0 Å². The van der Waals surface area contributed by atoms with Crippen LogP contribution in [-0.4, -0.2) is 44.8 Å². The molecule has 1 saturated carbocycles. The maximum atomic E-state index is 12.9. The van der Waals surface area contributed by atoms with Crippen LogP contribution in [0.15, 0.2) is 60.7 Å². The number of fused-ring (bicyclic) bond motifs is 4. The molecule has 0 radical (unpaired) electrons. The van der Waals surface area contributed by atoms with Crippen molar-refractivity contribution in [2.75, 3.05) is 13.2 Å². The zero-order valence-electron chi connectivity index (χ0n) is 28.0. The van der Waals surface area contributed by atoms with Gasteiger partial charge in [0.25, 0.3) is 0 Å². The highest BCUT2D eigenvalue weighted by Crippen LogP contribution is 2.40. The number of imidazole rings is 2. The van der Waals surface area contributed by atoms with E-state index in [-0.39, 0.29) is 0 Å². The molecule has 1 saturated heterocycles. The van der Waals surface area contributed by atoms with E-state index in [1.807, 2.05) is 20.8 Å². The van der Waals surface area contributed by atoms with Crippen molar-refractivity contribution in [2.45, 2.75) is 89.3 Å². The maximum Gasteiger partial charge on any atom is 0.408 e. The molecule has 2 aromatic heterocycles. The molecule has 3 aliphatic rings. The van der Waals surface area contributed by atoms with Gasteiger partial charge in [-0.15, -0.1) is 0 Å². The number of alkyl carbamates (subject to hydrolysis) is 1. The Labute approximate surface area is 281 Å². The average molecular weight is 645 g/mol. The van der Waals surface area contributed by atoms with E-state index in [1.54, 1.807) is 0 Å². The van der Waals surface area contributed by atoms with E-state index >= 15 is 0 Å². The number of H-pyrrole nitrogens is 2. The standard InChI is InChI=1S/C39H44N6O3/c1-38(2,3)48-37(46)45-39(18-5-4-6-19-39)36-42-29-16-14-26(22-32(29)43-36)24-9-11-25(12-10-24)27-13-15-28-33(23-27)47-21-17-30-34(28)44-35(41-30)31-8-7-20-40-31/h9-16,22-23,31,40H,4-8,17-21H2,1-3H3,(H,41,44)(H,42,43)(H,45,46). The van der Waals surface area contributed by atoms with Gasteiger partial charge < -0.3 is 30.1 Å². The van der Waals surface area contributed by atoms with Crippen LogP contribution in [0.3, 0.4) is 0 Å². The summed E-state index contributed by atoms with van der Waals surface area (Å²) in [6.07, 6.45) is 7.60. The molecule has 9 nitrogen and oxygen atoms in total. The van der Waals surface area contributed by atoms with Crippen LogP contribution in [-0.2, 0) is 16.7 Å². The number of carbonyl (C=O) groups is 1. The molecular formula is C39H44N6O3. The molecule has 2 aliphatic heterocycles. The third-order valence-electron chi connectivity index (χ3n) is 9.97. The fourth-order valence-electron chi connectivity index (χ4n) is 7.54. The minimum atomic E-state index is -0.563. The fraction of sp³-hybridized carbons (Fsp3) is 0.410. The number of hydrogen-bond donors (Lipinski definition) is 4. The van der Waals surface area contributed by atoms with Gasteiger partial charge in [0, 0.05) is 17.7 Å². The van der Waals surface area contributed by atoms with E-state index in [2.05, 4.69) is 81.3 Å². The molecular weight excluding hydrogens is 600 g/mol. The van der Waals surface area contributed by atoms with Crippen LogP contribution < -0.4 is 15.4 Å². The Kier molecular flexibility index (Phi) is 7.74. The SMILES string of the molecule is CC(C)(C)OC(=O)NC1(c2nc3ccc(-c4ccc(-c5ccc6c(c5)OCCc5[nH]c(C7CCCN7)nc5-6)cc4)cc3[nH]2)CCCCC1. The molecule has 9 heteroatoms. The highest BCUT2D eigenvalue weighted by atomic mass is 16.6. The molecule has 1 amide bonds. The first-order chi connectivity index (χ1) is 23.2. The van der Waals surface area contributed by atoms with E-state index in [9.17, 15) is 4.79 Å². The van der Waals surface area contributed by atoms with Gasteiger partial charge in [-0.2, -0.15) is 0 Å². The average Bonchev–Trinajstić information content (AvgIpc) is 3.83. The monoisotopic (exact) mass is 644 g/mol. The third kappa shape index (κ3) is 5.96. The minimum absolute atomic E-state index is 0.310. The van der Waals surface area contributed by atoms with E-state index < -0.39 is 17.2 Å². The third-order valence-corrected chi connectivity index (χ3v) is 9.97. The first-order valence-corrected chi connectivity index (χ1v) is 17.4. The van der Waals surface area contributed by atoms with E-state index in [0.717, 1.165) is 119 Å². The first-order valence-electron chi connectivity index (χ1n) is 17.4. The van der Waals surface area contributed by atoms with Crippen LogP contribution in [0.2, 0.25) is 0 Å². The minimum Gasteiger partial charge on any atom is -0.492 e. The molecule has 1 atom stereocenters. The summed E-state index contributed by atoms with van der Waals surface area (Å²) < 4.78 is 11.9. The summed E-state index contributed by atoms with van der Waals surface area (Å²) in [5.41, 5.74) is 8.40. The Balaban J connectivity index is 1.03. The lowest BCUT2D eigenvalue weighted by atomic mass is 9.81. The van der Waals surface area contributed by atoms with Gasteiger partial charge in [0.1, 0.15) is 28.5 Å². The van der Waals surface area contributed by atoms with Gasteiger partial charge in [-0.3, -0.25) is 0 Å². The number of aromatic amines is 2. The molecule has 248 valence electrons. The number of hydrogen-bond acceptors (Lipinski definition) is 6. The van der Waals surface area contributed by atoms with Crippen LogP contribution in [0.25, 0.3) is 44.5 Å². The van der Waals surface area contributed by atoms with E-state index in [4.69, 9.17) is 19.4 Å². The highest BCUT2D eigenvalue weighted by molar-refractivity contribution is 5.83. The lowest BCUT2D eigenvalue weighted by Crippen LogP contribution is -2.49. The Morgan fingerprint density at radius 2 is 1.62 bits per heavy atom. The van der Waals surface area contributed by atoms with Crippen LogP contribution in [0.5, 0.6) is 5.75 Å². The predicted molar refractivity (Wildman–Crippen MR) is 188 cm³/mol. The summed E-state index contributed by atoms with van der Waals surface area (Å²) in [6, 6.07) is 21.8. The maximum absolute atomic E-state index is 12.9. The van der Waals surface area contributed by atoms with Crippen molar-refractivity contribution in [1.82, 2.24) is 30.6 Å². The number of nitrogens with one attached hydrogen (secondary N) is 4. The first kappa shape index (κ1) is 30.7. The van der Waals surface area contributed by atoms with Gasteiger partial charge >= 0.3 is 6.09 Å². The quantitative estimate of drug-likeness (QED) is 0.153. The molecule has 1 aliphatic carbocycles. The number of carbonyl (C=O) groups excluding carboxylic acids is 1. The molecule has 1 unspecified atom stereocenters. The molecule has 5 aromatic rings. The largest absolute Gasteiger partial charge is 0.492 e. The molecule has 4 heterocycles. The predicted octanol–water partition coefficient (Wildman–Crippen LogP) is 8.33. The Morgan fingerprint density at radius 1 is 0.896 bits per heavy atom. The molecule has 0 bridgehead atoms. The van der Waals surface area contributed by atoms with Crippen LogP contribution in [0.1, 0.15) is 89.1 Å². The number of ether oxygens (including phenoxy) is 2. The molecule has 48 heavy (non-hydrogen) atoms. The zero-order chi connectivity index (χ0) is 32.9. The number of aromatic nitrogens is 4. The summed E-state index contributed by atoms with van der Waals surface area (Å²) in [5, 5.41) is 6.76. The Bertz CT molecular complexity index is 1960. The van der Waals surface area contributed by atoms with Crippen molar-refractivity contribution in [3.8, 4) is 39.3 Å². The van der Waals surface area contributed by atoms with Crippen molar-refractivity contribution >= 4 is 17.1 Å². The van der Waals surface area contributed by atoms with Gasteiger partial charge in [-0.1, -0.05) is 55.7 Å². The van der Waals surface area contributed by atoms with Crippen molar-refractivity contribution in [3.63, 3.8) is 0 Å². The number of amides is 1. The van der Waals surface area contributed by atoms with Crippen molar-refractivity contribution in [2.24, 2.45) is 0 Å². The smallest absolute Gasteiger partial charge is 0.408 e. The number of nitrogens with zero attached hydrogens (tertiary/aromatic N) is 2. The van der Waals surface area contributed by atoms with Gasteiger partial charge in [0.05, 0.1) is 29.4 Å². The van der Waals surface area contributed by atoms with Crippen LogP contribution in [0.4, 0.5) is 4.79 Å². The van der Waals surface area contributed by atoms with Crippen molar-refractivity contribution in [1.29, 1.82) is 0 Å². The van der Waals surface area contributed by atoms with Crippen molar-refractivity contribution < 1.29 is 14.3 Å². The second-order valence-electron chi connectivity index (χ2n) is 14.6. The highest BCUT2D eigenvalue weighted by Gasteiger charge is 2.39. The summed E-state index contributed by atoms with van der Waals surface area (Å²) in [7, 11) is 0. The Morgan fingerprint density at radius 3 is 2.35 bits per heavy atom. The normalized spacial score (nSPS) is 18.9. The Hall–Kier alpha value is -4.63. The summed E-state index contributed by atoms with van der Waals surface area (Å²) in [6.45, 7) is 7.33. The zero-order valence-corrected chi connectivity index (χ0v) is 28.0. The molecule has 0 spiro atoms. The second-order valence-corrected chi connectivity index (χ2v) is 14.6. The molecule has 3 aromatic carbocycles. The van der Waals surface area contributed by atoms with Gasteiger partial charge in [-0.05, 0) is 99.5 Å². The lowest BCUT2D eigenvalue weighted by molar-refractivity contribution is 0.0412. The van der Waals surface area contributed by atoms with E-state index in [0.29, 0.717) is 12.6 Å². The summed E-state index contributed by atoms with van der Waals surface area (Å²) in [4.78, 5) is 30.1. The summed E-state index contributed by atoms with van der Waals surface area (Å²) >= 11 is 0. The van der Waals surface area contributed by atoms with Gasteiger partial charge in [-0.25, -0.2) is 14.8 Å². The molecule has 8 rings (SSSR count). The van der Waals surface area contributed by atoms with Crippen LogP contribution >= 0.6 is 0 Å². The topological polar surface area (TPSA) is 117 Å². The number of benzene rings is 3. The fourth-order valence-corrected chi connectivity index (χ4v) is 7.54. The summed E-state index contributed by atoms with van der Waals surface area (Å²) in [5.74, 6) is 2.72. The number of rotatable bonds is 5.